The maximum Gasteiger partial charge on any atom is 0.329 e. The number of halogens is 1. The first-order valence-corrected chi connectivity index (χ1v) is 19.1. The second-order valence-electron chi connectivity index (χ2n) is 14.4. The van der Waals surface area contributed by atoms with E-state index in [4.69, 9.17) is 0 Å². The number of aromatic nitrogens is 2. The molecule has 2 atom stereocenters. The first kappa shape index (κ1) is 34.8. The third kappa shape index (κ3) is 6.10. The van der Waals surface area contributed by atoms with Gasteiger partial charge in [-0.25, -0.2) is 18.2 Å². The first-order chi connectivity index (χ1) is 25.3. The molecular formula is C36H38FN7O8S. The van der Waals surface area contributed by atoms with E-state index in [1.165, 1.54) is 15.2 Å². The lowest BCUT2D eigenvalue weighted by atomic mass is 9.89. The molecule has 0 spiro atoms. The molecule has 0 saturated carbocycles. The molecule has 0 bridgehead atoms. The Hall–Kier alpha value is -5.29. The van der Waals surface area contributed by atoms with E-state index in [1.54, 1.807) is 23.9 Å². The molecule has 4 fully saturated rings. The van der Waals surface area contributed by atoms with E-state index in [0.29, 0.717) is 34.7 Å². The van der Waals surface area contributed by atoms with Gasteiger partial charge in [-0.15, -0.1) is 0 Å². The SMILES string of the molecule is Cn1c(=O)n(C2CCC(=O)NC2=O)c2ccc(C3CCN(CC(=O)N4CCC(c5ccc6cc(O)c(N7CC(=O)NS7(=O)=O)c(F)c6c5)C4)CC3)cc21. The molecule has 3 N–H and O–H groups in total. The van der Waals surface area contributed by atoms with Crippen molar-refractivity contribution in [1.82, 2.24) is 29.0 Å². The summed E-state index contributed by atoms with van der Waals surface area (Å²) in [6.07, 6.45) is 2.77. The van der Waals surface area contributed by atoms with Gasteiger partial charge in [-0.1, -0.05) is 18.2 Å². The summed E-state index contributed by atoms with van der Waals surface area (Å²) >= 11 is 0. The minimum atomic E-state index is -4.34. The molecule has 278 valence electrons. The van der Waals surface area contributed by atoms with Crippen LogP contribution in [0.5, 0.6) is 5.75 Å². The van der Waals surface area contributed by atoms with Gasteiger partial charge in [0, 0.05) is 37.9 Å². The summed E-state index contributed by atoms with van der Waals surface area (Å²) in [6, 6.07) is 11.5. The molecule has 4 amide bonds. The van der Waals surface area contributed by atoms with Crippen LogP contribution < -0.4 is 20.0 Å². The normalized spacial score (nSPS) is 22.6. The van der Waals surface area contributed by atoms with Crippen LogP contribution in [0.25, 0.3) is 21.8 Å². The molecule has 3 aromatic carbocycles. The molecular weight excluding hydrogens is 710 g/mol. The van der Waals surface area contributed by atoms with Gasteiger partial charge in [-0.3, -0.25) is 38.5 Å². The number of phenolic OH excluding ortho intramolecular Hbond substituents is 1. The van der Waals surface area contributed by atoms with Crippen LogP contribution in [-0.4, -0.2) is 95.4 Å². The number of hydrogen-bond donors (Lipinski definition) is 3. The number of hydrogen-bond acceptors (Lipinski definition) is 9. The van der Waals surface area contributed by atoms with Gasteiger partial charge in [0.2, 0.25) is 17.7 Å². The molecule has 4 aromatic rings. The van der Waals surface area contributed by atoms with E-state index in [2.05, 4.69) is 10.2 Å². The van der Waals surface area contributed by atoms with Gasteiger partial charge in [0.15, 0.2) is 5.82 Å². The van der Waals surface area contributed by atoms with Crippen molar-refractivity contribution in [1.29, 1.82) is 0 Å². The van der Waals surface area contributed by atoms with Crippen molar-refractivity contribution in [2.75, 3.05) is 43.6 Å². The number of nitrogens with one attached hydrogen (secondary N) is 2. The second-order valence-corrected chi connectivity index (χ2v) is 16.0. The van der Waals surface area contributed by atoms with Gasteiger partial charge in [0.1, 0.15) is 24.0 Å². The van der Waals surface area contributed by atoms with E-state index in [-0.39, 0.29) is 54.1 Å². The summed E-state index contributed by atoms with van der Waals surface area (Å²) in [7, 11) is -2.66. The lowest BCUT2D eigenvalue weighted by Crippen LogP contribution is -2.44. The molecule has 5 heterocycles. The van der Waals surface area contributed by atoms with E-state index in [0.717, 1.165) is 42.6 Å². The van der Waals surface area contributed by atoms with Crippen LogP contribution in [0.3, 0.4) is 0 Å². The van der Waals surface area contributed by atoms with Crippen LogP contribution in [0, 0.1) is 5.82 Å². The predicted octanol–water partition coefficient (Wildman–Crippen LogP) is 1.69. The maximum absolute atomic E-state index is 15.8. The van der Waals surface area contributed by atoms with Crippen molar-refractivity contribution in [3.05, 3.63) is 69.9 Å². The predicted molar refractivity (Wildman–Crippen MR) is 191 cm³/mol. The Bertz CT molecular complexity index is 2400. The Morgan fingerprint density at radius 1 is 0.906 bits per heavy atom. The average molecular weight is 748 g/mol. The van der Waals surface area contributed by atoms with Crippen molar-refractivity contribution in [3.63, 3.8) is 0 Å². The van der Waals surface area contributed by atoms with Crippen molar-refractivity contribution in [3.8, 4) is 5.75 Å². The number of carbonyl (C=O) groups is 4. The summed E-state index contributed by atoms with van der Waals surface area (Å²) < 4.78 is 45.9. The summed E-state index contributed by atoms with van der Waals surface area (Å²) in [5.74, 6) is -3.02. The zero-order chi connectivity index (χ0) is 37.3. The summed E-state index contributed by atoms with van der Waals surface area (Å²) in [5.41, 5.74) is 2.34. The number of amides is 4. The number of phenols is 1. The molecule has 0 aliphatic carbocycles. The number of piperidine rings is 2. The average Bonchev–Trinajstić information content (AvgIpc) is 3.79. The number of imidazole rings is 1. The minimum absolute atomic E-state index is 0.00717. The molecule has 15 nitrogen and oxygen atoms in total. The quantitative estimate of drug-likeness (QED) is 0.247. The molecule has 2 unspecified atom stereocenters. The highest BCUT2D eigenvalue weighted by Crippen LogP contribution is 2.40. The van der Waals surface area contributed by atoms with Crippen LogP contribution in [0.15, 0.2) is 47.3 Å². The van der Waals surface area contributed by atoms with Crippen LogP contribution >= 0.6 is 0 Å². The first-order valence-electron chi connectivity index (χ1n) is 17.6. The van der Waals surface area contributed by atoms with E-state index in [1.807, 2.05) is 29.2 Å². The number of imide groups is 1. The van der Waals surface area contributed by atoms with Crippen molar-refractivity contribution < 1.29 is 37.1 Å². The Kier molecular flexibility index (Phi) is 8.52. The number of aromatic hydroxyl groups is 1. The number of rotatable bonds is 6. The fourth-order valence-corrected chi connectivity index (χ4v) is 9.48. The smallest absolute Gasteiger partial charge is 0.329 e. The maximum atomic E-state index is 15.8. The van der Waals surface area contributed by atoms with Gasteiger partial charge < -0.3 is 10.0 Å². The van der Waals surface area contributed by atoms with Crippen LogP contribution in [-0.2, 0) is 36.4 Å². The molecule has 53 heavy (non-hydrogen) atoms. The molecule has 4 aliphatic heterocycles. The van der Waals surface area contributed by atoms with Gasteiger partial charge in [0.25, 0.3) is 5.91 Å². The fourth-order valence-electron chi connectivity index (χ4n) is 8.32. The van der Waals surface area contributed by atoms with E-state index >= 15 is 4.39 Å². The van der Waals surface area contributed by atoms with Gasteiger partial charge in [-0.05, 0) is 85.5 Å². The largest absolute Gasteiger partial charge is 0.506 e. The fraction of sp³-hybridized carbons (Fsp3) is 0.417. The van der Waals surface area contributed by atoms with Crippen molar-refractivity contribution in [2.24, 2.45) is 7.05 Å². The number of anilines is 1. The molecule has 8 rings (SSSR count). The molecule has 1 aromatic heterocycles. The highest BCUT2D eigenvalue weighted by molar-refractivity contribution is 7.92. The van der Waals surface area contributed by atoms with Crippen molar-refractivity contribution in [2.45, 2.75) is 50.0 Å². The topological polar surface area (TPSA) is 183 Å². The highest BCUT2D eigenvalue weighted by atomic mass is 32.2. The van der Waals surface area contributed by atoms with E-state index < -0.39 is 51.9 Å². The number of fused-ring (bicyclic) bond motifs is 2. The summed E-state index contributed by atoms with van der Waals surface area (Å²) in [6.45, 7) is 2.05. The Labute approximate surface area is 303 Å². The molecule has 0 radical (unpaired) electrons. The van der Waals surface area contributed by atoms with Crippen molar-refractivity contribution >= 4 is 61.3 Å². The Morgan fingerprint density at radius 2 is 1.62 bits per heavy atom. The van der Waals surface area contributed by atoms with Crippen LogP contribution in [0.2, 0.25) is 0 Å². The monoisotopic (exact) mass is 747 g/mol. The number of carbonyl (C=O) groups excluding carboxylic acids is 4. The molecule has 17 heteroatoms. The molecule has 4 saturated heterocycles. The third-order valence-corrected chi connectivity index (χ3v) is 12.6. The van der Waals surface area contributed by atoms with Crippen LogP contribution in [0.4, 0.5) is 10.1 Å². The lowest BCUT2D eigenvalue weighted by Gasteiger charge is -2.32. The third-order valence-electron chi connectivity index (χ3n) is 11.2. The van der Waals surface area contributed by atoms with Gasteiger partial charge in [-0.2, -0.15) is 8.42 Å². The minimum Gasteiger partial charge on any atom is -0.506 e. The summed E-state index contributed by atoms with van der Waals surface area (Å²) in [5, 5.41) is 13.3. The number of benzene rings is 3. The standard InChI is InChI=1S/C36H38FN7O8S/c1-40-28-15-22(4-5-26(28)44(36(40)50)27-6-7-30(46)38-35(27)49)20-8-11-41(12-9-20)19-32(48)42-13-10-24(17-42)21-2-3-23-16-29(45)34(33(37)25(23)14-21)43-18-31(47)39-53(43,51)52/h2-5,14-16,20,24,27,45H,6-13,17-19H2,1H3,(H,39,47)(H,38,46,49). The Morgan fingerprint density at radius 3 is 2.34 bits per heavy atom. The number of aryl methyl sites for hydroxylation is 1. The summed E-state index contributed by atoms with van der Waals surface area (Å²) in [4.78, 5) is 66.6. The number of likely N-dealkylation sites (tertiary alicyclic amines) is 2. The van der Waals surface area contributed by atoms with E-state index in [9.17, 15) is 37.5 Å². The molecule has 4 aliphatic rings. The lowest BCUT2D eigenvalue weighted by molar-refractivity contribution is -0.136. The van der Waals surface area contributed by atoms with Crippen LogP contribution in [0.1, 0.15) is 61.1 Å². The number of nitrogens with zero attached hydrogens (tertiary/aromatic N) is 5. The second kappa shape index (κ2) is 13.0. The highest BCUT2D eigenvalue weighted by Gasteiger charge is 2.38. The van der Waals surface area contributed by atoms with Gasteiger partial charge >= 0.3 is 15.9 Å². The zero-order valence-corrected chi connectivity index (χ0v) is 29.7. The zero-order valence-electron chi connectivity index (χ0n) is 28.9. The Balaban J connectivity index is 0.903. The van der Waals surface area contributed by atoms with Gasteiger partial charge in [0.05, 0.1) is 17.6 Å².